The van der Waals surface area contributed by atoms with Crippen LogP contribution in [0.4, 0.5) is 18.9 Å². The average molecular weight is 380 g/mol. The number of fused-ring (bicyclic) bond motifs is 2. The smallest absolute Gasteiger partial charge is 0.416 e. The molecular formula is C18H15F3N2O4. The summed E-state index contributed by atoms with van der Waals surface area (Å²) in [7, 11) is 0. The minimum absolute atomic E-state index is 0.0403. The van der Waals surface area contributed by atoms with Crippen LogP contribution in [0.25, 0.3) is 0 Å². The molecule has 0 spiro atoms. The van der Waals surface area contributed by atoms with Gasteiger partial charge in [0, 0.05) is 17.7 Å². The normalized spacial score (nSPS) is 18.6. The number of benzene rings is 1. The molecule has 1 N–H and O–H groups in total. The molecule has 0 saturated carbocycles. The number of rotatable bonds is 2. The summed E-state index contributed by atoms with van der Waals surface area (Å²) in [6, 6.07) is 4.68. The second kappa shape index (κ2) is 6.73. The second-order valence-corrected chi connectivity index (χ2v) is 6.20. The number of pyridine rings is 1. The molecule has 1 aromatic heterocycles. The summed E-state index contributed by atoms with van der Waals surface area (Å²) in [4.78, 5) is 16.7. The van der Waals surface area contributed by atoms with Crippen molar-refractivity contribution in [3.05, 3.63) is 47.3 Å². The fourth-order valence-electron chi connectivity index (χ4n) is 2.91. The van der Waals surface area contributed by atoms with Crippen LogP contribution < -0.4 is 14.8 Å². The van der Waals surface area contributed by atoms with Crippen LogP contribution in [-0.4, -0.2) is 30.2 Å². The van der Waals surface area contributed by atoms with Crippen molar-refractivity contribution in [2.24, 2.45) is 0 Å². The second-order valence-electron chi connectivity index (χ2n) is 6.20. The highest BCUT2D eigenvalue weighted by atomic mass is 19.4. The number of carbonyl (C=O) groups is 1. The molecular weight excluding hydrogens is 365 g/mol. The van der Waals surface area contributed by atoms with Crippen molar-refractivity contribution in [2.75, 3.05) is 18.5 Å². The third kappa shape index (κ3) is 3.68. The molecule has 2 aliphatic rings. The molecule has 6 nitrogen and oxygen atoms in total. The first-order valence-corrected chi connectivity index (χ1v) is 8.27. The lowest BCUT2D eigenvalue weighted by molar-refractivity contribution is -0.138. The molecule has 0 aliphatic carbocycles. The monoisotopic (exact) mass is 380 g/mol. The van der Waals surface area contributed by atoms with Gasteiger partial charge in [-0.25, -0.2) is 0 Å². The van der Waals surface area contributed by atoms with Crippen molar-refractivity contribution < 1.29 is 32.2 Å². The van der Waals surface area contributed by atoms with E-state index in [0.717, 1.165) is 35.9 Å². The Morgan fingerprint density at radius 1 is 1.22 bits per heavy atom. The van der Waals surface area contributed by atoms with Crippen LogP contribution >= 0.6 is 0 Å². The summed E-state index contributed by atoms with van der Waals surface area (Å²) >= 11 is 0. The number of ether oxygens (including phenoxy) is 3. The predicted molar refractivity (Wildman–Crippen MR) is 87.6 cm³/mol. The van der Waals surface area contributed by atoms with Gasteiger partial charge in [-0.05, 0) is 24.3 Å². The lowest BCUT2D eigenvalue weighted by Gasteiger charge is -2.26. The Bertz CT molecular complexity index is 885. The molecule has 9 heteroatoms. The molecule has 27 heavy (non-hydrogen) atoms. The molecule has 0 fully saturated rings. The molecule has 0 saturated heterocycles. The Labute approximate surface area is 152 Å². The molecule has 2 aliphatic heterocycles. The number of hydrogen-bond acceptors (Lipinski definition) is 5. The summed E-state index contributed by atoms with van der Waals surface area (Å²) in [6.07, 6.45) is -3.19. The van der Waals surface area contributed by atoms with Crippen LogP contribution in [-0.2, 0) is 28.7 Å². The highest BCUT2D eigenvalue weighted by Crippen LogP contribution is 2.38. The van der Waals surface area contributed by atoms with Crippen molar-refractivity contribution in [3.8, 4) is 11.5 Å². The summed E-state index contributed by atoms with van der Waals surface area (Å²) in [5, 5.41) is 2.69. The van der Waals surface area contributed by atoms with E-state index in [1.165, 1.54) is 0 Å². The summed E-state index contributed by atoms with van der Waals surface area (Å²) in [5.41, 5.74) is 1.50. The third-order valence-corrected chi connectivity index (χ3v) is 4.29. The van der Waals surface area contributed by atoms with E-state index in [4.69, 9.17) is 14.2 Å². The first kappa shape index (κ1) is 17.6. The minimum atomic E-state index is -4.48. The average Bonchev–Trinajstić information content (AvgIpc) is 2.66. The SMILES string of the molecule is O=C(Nc1cnc2c(c1)COCC2)[C@H]1COc2cc(C(F)(F)F)ccc2O1. The predicted octanol–water partition coefficient (Wildman–Crippen LogP) is 2.95. The molecule has 3 heterocycles. The quantitative estimate of drug-likeness (QED) is 0.868. The maximum atomic E-state index is 12.7. The van der Waals surface area contributed by atoms with Gasteiger partial charge in [0.1, 0.15) is 6.61 Å². The van der Waals surface area contributed by atoms with Crippen LogP contribution in [0.5, 0.6) is 11.5 Å². The number of carbonyl (C=O) groups excluding carboxylic acids is 1. The molecule has 0 bridgehead atoms. The molecule has 4 rings (SSSR count). The molecule has 1 atom stereocenters. The zero-order valence-corrected chi connectivity index (χ0v) is 14.0. The minimum Gasteiger partial charge on any atom is -0.485 e. The topological polar surface area (TPSA) is 69.7 Å². The Hall–Kier alpha value is -2.81. The number of halogens is 3. The molecule has 0 radical (unpaired) electrons. The lowest BCUT2D eigenvalue weighted by Crippen LogP contribution is -2.40. The Morgan fingerprint density at radius 2 is 2.07 bits per heavy atom. The third-order valence-electron chi connectivity index (χ3n) is 4.29. The van der Waals surface area contributed by atoms with Gasteiger partial charge >= 0.3 is 6.18 Å². The standard InChI is InChI=1S/C18H15F3N2O4/c19-18(20,21)11-1-2-14-15(6-11)26-9-16(27-14)17(24)23-12-5-10-8-25-4-3-13(10)22-7-12/h1-2,5-7,16H,3-4,8-9H2,(H,23,24)/t16-/m1/s1. The van der Waals surface area contributed by atoms with E-state index in [2.05, 4.69) is 10.3 Å². The van der Waals surface area contributed by atoms with E-state index >= 15 is 0 Å². The highest BCUT2D eigenvalue weighted by molar-refractivity contribution is 5.94. The van der Waals surface area contributed by atoms with E-state index in [9.17, 15) is 18.0 Å². The fourth-order valence-corrected chi connectivity index (χ4v) is 2.91. The summed E-state index contributed by atoms with van der Waals surface area (Å²) in [5.74, 6) is -0.424. The number of alkyl halides is 3. The van der Waals surface area contributed by atoms with Crippen molar-refractivity contribution >= 4 is 11.6 Å². The van der Waals surface area contributed by atoms with Gasteiger partial charge in [0.2, 0.25) is 6.10 Å². The fraction of sp³-hybridized carbons (Fsp3) is 0.333. The lowest BCUT2D eigenvalue weighted by atomic mass is 10.1. The first-order valence-electron chi connectivity index (χ1n) is 8.27. The zero-order chi connectivity index (χ0) is 19.0. The Kier molecular flexibility index (Phi) is 4.39. The first-order chi connectivity index (χ1) is 12.9. The van der Waals surface area contributed by atoms with E-state index in [0.29, 0.717) is 18.9 Å². The summed E-state index contributed by atoms with van der Waals surface area (Å²) < 4.78 is 54.4. The van der Waals surface area contributed by atoms with Crippen molar-refractivity contribution in [3.63, 3.8) is 0 Å². The van der Waals surface area contributed by atoms with Gasteiger partial charge in [-0.3, -0.25) is 9.78 Å². The number of aromatic nitrogens is 1. The molecule has 2 aromatic rings. The Balaban J connectivity index is 1.45. The highest BCUT2D eigenvalue weighted by Gasteiger charge is 2.34. The van der Waals surface area contributed by atoms with Gasteiger partial charge in [-0.2, -0.15) is 13.2 Å². The van der Waals surface area contributed by atoms with E-state index in [1.54, 1.807) is 12.3 Å². The van der Waals surface area contributed by atoms with Gasteiger partial charge in [0.05, 0.1) is 30.7 Å². The zero-order valence-electron chi connectivity index (χ0n) is 14.0. The van der Waals surface area contributed by atoms with E-state index in [1.807, 2.05) is 0 Å². The van der Waals surface area contributed by atoms with Crippen LogP contribution in [0.1, 0.15) is 16.8 Å². The maximum Gasteiger partial charge on any atom is 0.416 e. The summed E-state index contributed by atoms with van der Waals surface area (Å²) in [6.45, 7) is 0.861. The Morgan fingerprint density at radius 3 is 2.89 bits per heavy atom. The largest absolute Gasteiger partial charge is 0.485 e. The van der Waals surface area contributed by atoms with E-state index in [-0.39, 0.29) is 18.1 Å². The number of nitrogens with zero attached hydrogens (tertiary/aromatic N) is 1. The van der Waals surface area contributed by atoms with E-state index < -0.39 is 23.8 Å². The molecule has 1 aromatic carbocycles. The number of anilines is 1. The number of hydrogen-bond donors (Lipinski definition) is 1. The van der Waals surface area contributed by atoms with Crippen LogP contribution in [0, 0.1) is 0 Å². The number of nitrogens with one attached hydrogen (secondary N) is 1. The van der Waals surface area contributed by atoms with Gasteiger partial charge in [0.15, 0.2) is 11.5 Å². The van der Waals surface area contributed by atoms with Gasteiger partial charge in [0.25, 0.3) is 5.91 Å². The molecule has 1 amide bonds. The van der Waals surface area contributed by atoms with Gasteiger partial charge in [-0.1, -0.05) is 0 Å². The van der Waals surface area contributed by atoms with Crippen LogP contribution in [0.3, 0.4) is 0 Å². The van der Waals surface area contributed by atoms with Crippen LogP contribution in [0.15, 0.2) is 30.5 Å². The maximum absolute atomic E-state index is 12.7. The van der Waals surface area contributed by atoms with Crippen LogP contribution in [0.2, 0.25) is 0 Å². The molecule has 0 unspecified atom stereocenters. The van der Waals surface area contributed by atoms with Crippen molar-refractivity contribution in [1.29, 1.82) is 0 Å². The number of amides is 1. The van der Waals surface area contributed by atoms with Crippen molar-refractivity contribution in [1.82, 2.24) is 4.98 Å². The molecule has 142 valence electrons. The van der Waals surface area contributed by atoms with Gasteiger partial charge < -0.3 is 19.5 Å². The van der Waals surface area contributed by atoms with Crippen molar-refractivity contribution in [2.45, 2.75) is 25.3 Å². The van der Waals surface area contributed by atoms with Gasteiger partial charge in [-0.15, -0.1) is 0 Å².